The van der Waals surface area contributed by atoms with Gasteiger partial charge in [-0.3, -0.25) is 19.3 Å². The van der Waals surface area contributed by atoms with Crippen LogP contribution in [0.25, 0.3) is 0 Å². The normalized spacial score (nSPS) is 30.6. The molecule has 1 saturated heterocycles. The minimum Gasteiger partial charge on any atom is -0.456 e. The number of carbonyl (C=O) groups is 4. The quantitative estimate of drug-likeness (QED) is 0.256. The van der Waals surface area contributed by atoms with E-state index >= 15 is 0 Å². The number of imide groups is 1. The number of rotatable bonds is 7. The van der Waals surface area contributed by atoms with Crippen molar-refractivity contribution in [1.29, 1.82) is 0 Å². The van der Waals surface area contributed by atoms with Gasteiger partial charge in [-0.1, -0.05) is 54.1 Å². The van der Waals surface area contributed by atoms with Gasteiger partial charge >= 0.3 is 5.97 Å². The summed E-state index contributed by atoms with van der Waals surface area (Å²) in [7, 11) is 0. The molecule has 2 bridgehead atoms. The number of amides is 2. The summed E-state index contributed by atoms with van der Waals surface area (Å²) in [5.41, 5.74) is 1.17. The molecule has 7 rings (SSSR count). The molecule has 0 spiro atoms. The molecule has 178 valence electrons. The number of hydrogen-bond acceptors (Lipinski definition) is 5. The van der Waals surface area contributed by atoms with Crippen LogP contribution in [0.4, 0.5) is 0 Å². The second-order valence-electron chi connectivity index (χ2n) is 9.94. The Balaban J connectivity index is 1.25. The van der Waals surface area contributed by atoms with E-state index in [1.807, 2.05) is 30.3 Å². The van der Waals surface area contributed by atoms with Crippen LogP contribution in [0.5, 0.6) is 0 Å². The van der Waals surface area contributed by atoms with Crippen molar-refractivity contribution < 1.29 is 23.9 Å². The number of hydrogen-bond donors (Lipinski definition) is 0. The van der Waals surface area contributed by atoms with E-state index in [1.165, 1.54) is 0 Å². The third kappa shape index (κ3) is 3.71. The lowest BCUT2D eigenvalue weighted by atomic mass is 9.63. The maximum absolute atomic E-state index is 13.6. The topological polar surface area (TPSA) is 80.8 Å². The first-order valence-electron chi connectivity index (χ1n) is 12.0. The van der Waals surface area contributed by atoms with Crippen LogP contribution in [0.1, 0.15) is 22.3 Å². The lowest BCUT2D eigenvalue weighted by Crippen LogP contribution is -2.48. The highest BCUT2D eigenvalue weighted by molar-refractivity contribution is 6.30. The van der Waals surface area contributed by atoms with Gasteiger partial charge in [-0.2, -0.15) is 0 Å². The van der Waals surface area contributed by atoms with E-state index < -0.39 is 30.5 Å². The van der Waals surface area contributed by atoms with Gasteiger partial charge in [-0.15, -0.1) is 0 Å². The highest BCUT2D eigenvalue weighted by Gasteiger charge is 2.68. The minimum absolute atomic E-state index is 0.0660. The number of ether oxygens (including phenoxy) is 1. The molecule has 3 fully saturated rings. The Kier molecular flexibility index (Phi) is 5.37. The number of ketones is 1. The molecule has 0 N–H and O–H groups in total. The third-order valence-corrected chi connectivity index (χ3v) is 8.32. The summed E-state index contributed by atoms with van der Waals surface area (Å²) in [6.07, 6.45) is 5.41. The molecule has 2 saturated carbocycles. The van der Waals surface area contributed by atoms with Gasteiger partial charge < -0.3 is 4.74 Å². The lowest BCUT2D eigenvalue weighted by Gasteiger charge is -2.37. The smallest absolute Gasteiger partial charge is 0.330 e. The van der Waals surface area contributed by atoms with Crippen LogP contribution >= 0.6 is 11.6 Å². The van der Waals surface area contributed by atoms with Crippen molar-refractivity contribution in [2.45, 2.75) is 18.9 Å². The Bertz CT molecular complexity index is 1200. The van der Waals surface area contributed by atoms with Gasteiger partial charge in [-0.05, 0) is 59.9 Å². The number of halogens is 1. The lowest BCUT2D eigenvalue weighted by molar-refractivity contribution is -0.158. The highest BCUT2D eigenvalue weighted by Crippen LogP contribution is 2.65. The Morgan fingerprint density at radius 3 is 2.11 bits per heavy atom. The van der Waals surface area contributed by atoms with E-state index in [2.05, 4.69) is 12.2 Å². The monoisotopic (exact) mass is 489 g/mol. The van der Waals surface area contributed by atoms with E-state index in [1.54, 1.807) is 24.3 Å². The molecular weight excluding hydrogens is 466 g/mol. The van der Waals surface area contributed by atoms with E-state index in [0.717, 1.165) is 16.9 Å². The molecule has 0 radical (unpaired) electrons. The standard InChI is InChI=1S/C28H24ClNO5/c29-17-8-6-16(7-9-17)23(31)14-35-28(34)22(12-15-4-2-1-3-5-15)30-26(32)24-18-10-11-19(21-13-20(18)21)25(24)27(30)33/h1-11,18-22,24-25H,12-14H2/t18-,19-,20-,21-,22-,24+,25+/m0/s1. The van der Waals surface area contributed by atoms with E-state index in [4.69, 9.17) is 16.3 Å². The van der Waals surface area contributed by atoms with Gasteiger partial charge in [-0.25, -0.2) is 4.79 Å². The molecule has 0 aromatic heterocycles. The maximum Gasteiger partial charge on any atom is 0.330 e. The molecular formula is C28H24ClNO5. The largest absolute Gasteiger partial charge is 0.456 e. The van der Waals surface area contributed by atoms with Crippen molar-refractivity contribution >= 4 is 35.2 Å². The first-order chi connectivity index (χ1) is 16.9. The van der Waals surface area contributed by atoms with Gasteiger partial charge in [0.1, 0.15) is 6.04 Å². The van der Waals surface area contributed by atoms with Crippen LogP contribution in [-0.2, 0) is 25.5 Å². The molecule has 1 heterocycles. The maximum atomic E-state index is 13.6. The van der Waals surface area contributed by atoms with Gasteiger partial charge in [0, 0.05) is 17.0 Å². The molecule has 0 unspecified atom stereocenters. The van der Waals surface area contributed by atoms with Crippen LogP contribution in [0.3, 0.4) is 0 Å². The number of likely N-dealkylation sites (tertiary alicyclic amines) is 1. The Morgan fingerprint density at radius 1 is 0.914 bits per heavy atom. The number of allylic oxidation sites excluding steroid dienone is 2. The zero-order valence-corrected chi connectivity index (χ0v) is 19.6. The summed E-state index contributed by atoms with van der Waals surface area (Å²) in [6, 6.07) is 14.4. The second-order valence-corrected chi connectivity index (χ2v) is 10.4. The molecule has 7 atom stereocenters. The zero-order valence-electron chi connectivity index (χ0n) is 18.9. The number of Topliss-reactive ketones (excluding diaryl/α,β-unsaturated/α-hetero) is 1. The molecule has 7 heteroatoms. The molecule has 4 aliphatic carbocycles. The van der Waals surface area contributed by atoms with Crippen molar-refractivity contribution in [3.05, 3.63) is 82.9 Å². The molecule has 35 heavy (non-hydrogen) atoms. The van der Waals surface area contributed by atoms with E-state index in [9.17, 15) is 19.2 Å². The van der Waals surface area contributed by atoms with Crippen molar-refractivity contribution in [3.8, 4) is 0 Å². The summed E-state index contributed by atoms with van der Waals surface area (Å²) in [5, 5.41) is 0.495. The third-order valence-electron chi connectivity index (χ3n) is 8.06. The summed E-state index contributed by atoms with van der Waals surface area (Å²) >= 11 is 5.88. The van der Waals surface area contributed by atoms with Gasteiger partial charge in [0.15, 0.2) is 12.4 Å². The molecule has 2 aromatic carbocycles. The fraction of sp³-hybridized carbons (Fsp3) is 0.357. The predicted molar refractivity (Wildman–Crippen MR) is 127 cm³/mol. The summed E-state index contributed by atoms with van der Waals surface area (Å²) in [5.74, 6) is -1.43. The average molecular weight is 490 g/mol. The molecule has 6 nitrogen and oxygen atoms in total. The van der Waals surface area contributed by atoms with Crippen molar-refractivity contribution in [1.82, 2.24) is 4.90 Å². The summed E-state index contributed by atoms with van der Waals surface area (Å²) in [6.45, 7) is -0.480. The van der Waals surface area contributed by atoms with Gasteiger partial charge in [0.05, 0.1) is 11.8 Å². The first-order valence-corrected chi connectivity index (χ1v) is 12.4. The highest BCUT2D eigenvalue weighted by atomic mass is 35.5. The summed E-state index contributed by atoms with van der Waals surface area (Å²) < 4.78 is 5.40. The van der Waals surface area contributed by atoms with Gasteiger partial charge in [0.2, 0.25) is 11.8 Å². The van der Waals surface area contributed by atoms with Crippen LogP contribution in [0.2, 0.25) is 5.02 Å². The van der Waals surface area contributed by atoms with E-state index in [-0.39, 0.29) is 35.9 Å². The van der Waals surface area contributed by atoms with Gasteiger partial charge in [0.25, 0.3) is 0 Å². The number of carbonyl (C=O) groups excluding carboxylic acids is 4. The second kappa shape index (κ2) is 8.45. The molecule has 2 amide bonds. The van der Waals surface area contributed by atoms with Crippen LogP contribution in [0, 0.1) is 35.5 Å². The number of esters is 1. The fourth-order valence-corrected chi connectivity index (χ4v) is 6.48. The first kappa shape index (κ1) is 22.2. The van der Waals surface area contributed by atoms with Crippen molar-refractivity contribution in [3.63, 3.8) is 0 Å². The SMILES string of the molecule is O=C(COC(=O)[C@H](Cc1ccccc1)N1C(=O)[C@@H]2[C@H]3C=C[C@@H]([C@@H]4C[C@@H]34)[C@H]2C1=O)c1ccc(Cl)cc1. The van der Waals surface area contributed by atoms with E-state index in [0.29, 0.717) is 22.4 Å². The number of benzene rings is 2. The molecule has 2 aromatic rings. The Labute approximate surface area is 207 Å². The van der Waals surface area contributed by atoms with Crippen LogP contribution < -0.4 is 0 Å². The Hall–Kier alpha value is -3.25. The fourth-order valence-electron chi connectivity index (χ4n) is 6.36. The molecule has 5 aliphatic rings. The average Bonchev–Trinajstić information content (AvgIpc) is 3.65. The predicted octanol–water partition coefficient (Wildman–Crippen LogP) is 3.73. The van der Waals surface area contributed by atoms with Crippen LogP contribution in [-0.4, -0.2) is 41.1 Å². The summed E-state index contributed by atoms with van der Waals surface area (Å²) in [4.78, 5) is 54.3. The number of nitrogens with zero attached hydrogens (tertiary/aromatic N) is 1. The molecule has 1 aliphatic heterocycles. The zero-order chi connectivity index (χ0) is 24.3. The Morgan fingerprint density at radius 2 is 1.51 bits per heavy atom. The minimum atomic E-state index is -1.11. The van der Waals surface area contributed by atoms with Crippen molar-refractivity contribution in [2.75, 3.05) is 6.61 Å². The van der Waals surface area contributed by atoms with Crippen molar-refractivity contribution in [2.24, 2.45) is 35.5 Å². The van der Waals surface area contributed by atoms with Crippen LogP contribution in [0.15, 0.2) is 66.7 Å².